The maximum absolute atomic E-state index is 12.1. The molecule has 0 bridgehead atoms. The maximum Gasteiger partial charge on any atom is 0.230 e. The minimum Gasteiger partial charge on any atom is -0.378 e. The van der Waals surface area contributed by atoms with Crippen molar-refractivity contribution < 1.29 is 9.53 Å². The fourth-order valence-electron chi connectivity index (χ4n) is 2.61. The van der Waals surface area contributed by atoms with Gasteiger partial charge in [0, 0.05) is 24.5 Å². The number of morpholine rings is 1. The summed E-state index contributed by atoms with van der Waals surface area (Å²) in [7, 11) is 0. The number of nitrogens with one attached hydrogen (secondary N) is 1. The third kappa shape index (κ3) is 4.53. The van der Waals surface area contributed by atoms with E-state index in [0.29, 0.717) is 25.5 Å². The number of amides is 1. The lowest BCUT2D eigenvalue weighted by atomic mass is 10.3. The Kier molecular flexibility index (Phi) is 6.33. The van der Waals surface area contributed by atoms with Gasteiger partial charge in [-0.05, 0) is 30.9 Å². The van der Waals surface area contributed by atoms with E-state index in [-0.39, 0.29) is 5.91 Å². The summed E-state index contributed by atoms with van der Waals surface area (Å²) in [6, 6.07) is 2.07. The van der Waals surface area contributed by atoms with Gasteiger partial charge >= 0.3 is 0 Å². The van der Waals surface area contributed by atoms with Crippen molar-refractivity contribution in [2.75, 3.05) is 37.0 Å². The fourth-order valence-corrected chi connectivity index (χ4v) is 4.28. The average molecular weight is 382 g/mol. The monoisotopic (exact) mass is 381 g/mol. The first kappa shape index (κ1) is 18.2. The van der Waals surface area contributed by atoms with Crippen LogP contribution >= 0.6 is 23.1 Å². The number of thiophene rings is 1. The molecule has 1 aliphatic heterocycles. The lowest BCUT2D eigenvalue weighted by Gasteiger charge is -2.27. The molecule has 1 fully saturated rings. The van der Waals surface area contributed by atoms with E-state index in [9.17, 15) is 4.79 Å². The minimum absolute atomic E-state index is 0.0105. The predicted octanol–water partition coefficient (Wildman–Crippen LogP) is 1.91. The lowest BCUT2D eigenvalue weighted by molar-refractivity contribution is -0.118. The van der Waals surface area contributed by atoms with Crippen molar-refractivity contribution in [3.63, 3.8) is 0 Å². The van der Waals surface area contributed by atoms with Crippen LogP contribution in [0.15, 0.2) is 16.6 Å². The molecule has 136 valence electrons. The number of hydrogen-bond donors (Lipinski definition) is 1. The molecule has 9 heteroatoms. The lowest BCUT2D eigenvalue weighted by Crippen LogP contribution is -2.38. The van der Waals surface area contributed by atoms with Crippen molar-refractivity contribution >= 4 is 35.0 Å². The van der Waals surface area contributed by atoms with Crippen LogP contribution in [-0.4, -0.2) is 52.7 Å². The van der Waals surface area contributed by atoms with Gasteiger partial charge in [-0.25, -0.2) is 0 Å². The van der Waals surface area contributed by atoms with Crippen LogP contribution in [0.3, 0.4) is 0 Å². The number of hydrogen-bond acceptors (Lipinski definition) is 7. The second-order valence-corrected chi connectivity index (χ2v) is 7.66. The van der Waals surface area contributed by atoms with E-state index in [1.807, 2.05) is 5.38 Å². The van der Waals surface area contributed by atoms with Gasteiger partial charge < -0.3 is 15.0 Å². The van der Waals surface area contributed by atoms with Gasteiger partial charge in [0.15, 0.2) is 5.16 Å². The molecule has 1 N–H and O–H groups in total. The van der Waals surface area contributed by atoms with Crippen LogP contribution in [0.25, 0.3) is 0 Å². The summed E-state index contributed by atoms with van der Waals surface area (Å²) < 4.78 is 7.45. The summed E-state index contributed by atoms with van der Waals surface area (Å²) in [5, 5.41) is 14.4. The fraction of sp³-hybridized carbons (Fsp3) is 0.562. The minimum atomic E-state index is 0.0105. The molecule has 7 nitrogen and oxygen atoms in total. The molecule has 0 atom stereocenters. The molecule has 0 saturated carbocycles. The summed E-state index contributed by atoms with van der Waals surface area (Å²) in [6.07, 6.45) is 0. The molecule has 1 aliphatic rings. The van der Waals surface area contributed by atoms with Crippen molar-refractivity contribution in [1.29, 1.82) is 0 Å². The van der Waals surface area contributed by atoms with Crippen LogP contribution in [0.5, 0.6) is 0 Å². The standard InChI is InChI=1S/C16H23N5O2S2/c1-3-21-15(20-5-7-23-8-6-20)18-19-16(21)25-11-14(22)17-10-13-12(2)4-9-24-13/h4,9H,3,5-8,10-11H2,1-2H3,(H,17,22). The zero-order valence-corrected chi connectivity index (χ0v) is 16.2. The molecule has 3 rings (SSSR count). The number of aromatic nitrogens is 3. The van der Waals surface area contributed by atoms with Crippen molar-refractivity contribution in [2.45, 2.75) is 32.1 Å². The van der Waals surface area contributed by atoms with E-state index in [2.05, 4.69) is 44.9 Å². The highest BCUT2D eigenvalue weighted by molar-refractivity contribution is 7.99. The smallest absolute Gasteiger partial charge is 0.230 e. The van der Waals surface area contributed by atoms with E-state index < -0.39 is 0 Å². The van der Waals surface area contributed by atoms with Crippen LogP contribution in [0.2, 0.25) is 0 Å². The van der Waals surface area contributed by atoms with Crippen molar-refractivity contribution in [3.05, 3.63) is 21.9 Å². The molecule has 0 aromatic carbocycles. The molecule has 0 aliphatic carbocycles. The van der Waals surface area contributed by atoms with E-state index in [1.165, 1.54) is 22.2 Å². The molecule has 1 saturated heterocycles. The van der Waals surface area contributed by atoms with Gasteiger partial charge in [0.1, 0.15) is 0 Å². The van der Waals surface area contributed by atoms with Crippen molar-refractivity contribution in [2.24, 2.45) is 0 Å². The molecular formula is C16H23N5O2S2. The summed E-state index contributed by atoms with van der Waals surface area (Å²) in [4.78, 5) is 15.5. The summed E-state index contributed by atoms with van der Waals surface area (Å²) in [6.45, 7) is 8.56. The third-order valence-electron chi connectivity index (χ3n) is 4.05. The Morgan fingerprint density at radius 2 is 2.20 bits per heavy atom. The Balaban J connectivity index is 1.54. The zero-order chi connectivity index (χ0) is 17.6. The molecule has 2 aromatic heterocycles. The van der Waals surface area contributed by atoms with E-state index in [4.69, 9.17) is 4.74 Å². The number of anilines is 1. The number of thioether (sulfide) groups is 1. The zero-order valence-electron chi connectivity index (χ0n) is 14.5. The molecular weight excluding hydrogens is 358 g/mol. The van der Waals surface area contributed by atoms with Gasteiger partial charge in [-0.2, -0.15) is 0 Å². The number of rotatable bonds is 7. The van der Waals surface area contributed by atoms with E-state index in [0.717, 1.165) is 30.7 Å². The second kappa shape index (κ2) is 8.68. The van der Waals surface area contributed by atoms with Gasteiger partial charge in [0.2, 0.25) is 11.9 Å². The van der Waals surface area contributed by atoms with Gasteiger partial charge in [0.25, 0.3) is 0 Å². The van der Waals surface area contributed by atoms with E-state index >= 15 is 0 Å². The first-order valence-corrected chi connectivity index (χ1v) is 10.2. The van der Waals surface area contributed by atoms with Crippen LogP contribution in [0.4, 0.5) is 5.95 Å². The number of carbonyl (C=O) groups excluding carboxylic acids is 1. The quantitative estimate of drug-likeness (QED) is 0.739. The number of aryl methyl sites for hydroxylation is 1. The Labute approximate surface area is 155 Å². The largest absolute Gasteiger partial charge is 0.378 e. The highest BCUT2D eigenvalue weighted by Crippen LogP contribution is 2.22. The number of nitrogens with zero attached hydrogens (tertiary/aromatic N) is 4. The Morgan fingerprint density at radius 1 is 1.40 bits per heavy atom. The first-order valence-electron chi connectivity index (χ1n) is 8.37. The normalized spacial score (nSPS) is 14.7. The van der Waals surface area contributed by atoms with Gasteiger partial charge in [0.05, 0.1) is 25.5 Å². The first-order chi connectivity index (χ1) is 12.2. The van der Waals surface area contributed by atoms with Crippen LogP contribution in [0.1, 0.15) is 17.4 Å². The van der Waals surface area contributed by atoms with Gasteiger partial charge in [-0.15, -0.1) is 21.5 Å². The Morgan fingerprint density at radius 3 is 2.88 bits per heavy atom. The highest BCUT2D eigenvalue weighted by atomic mass is 32.2. The molecule has 0 radical (unpaired) electrons. The Bertz CT molecular complexity index is 709. The van der Waals surface area contributed by atoms with E-state index in [1.54, 1.807) is 11.3 Å². The van der Waals surface area contributed by atoms with Crippen LogP contribution in [-0.2, 0) is 22.6 Å². The van der Waals surface area contributed by atoms with Crippen LogP contribution < -0.4 is 10.2 Å². The second-order valence-electron chi connectivity index (χ2n) is 5.72. The maximum atomic E-state index is 12.1. The average Bonchev–Trinajstić information content (AvgIpc) is 3.24. The number of ether oxygens (including phenoxy) is 1. The van der Waals surface area contributed by atoms with Gasteiger partial charge in [-0.3, -0.25) is 9.36 Å². The third-order valence-corrected chi connectivity index (χ3v) is 6.04. The predicted molar refractivity (Wildman–Crippen MR) is 100 cm³/mol. The van der Waals surface area contributed by atoms with Crippen molar-refractivity contribution in [3.8, 4) is 0 Å². The number of carbonyl (C=O) groups is 1. The molecule has 0 spiro atoms. The Hall–Kier alpha value is -1.58. The topological polar surface area (TPSA) is 72.3 Å². The summed E-state index contributed by atoms with van der Waals surface area (Å²) in [5.74, 6) is 1.21. The SMILES string of the molecule is CCn1c(SCC(=O)NCc2sccc2C)nnc1N1CCOCC1. The van der Waals surface area contributed by atoms with Crippen LogP contribution in [0, 0.1) is 6.92 Å². The highest BCUT2D eigenvalue weighted by Gasteiger charge is 2.20. The molecule has 0 unspecified atom stereocenters. The van der Waals surface area contributed by atoms with Gasteiger partial charge in [-0.1, -0.05) is 11.8 Å². The van der Waals surface area contributed by atoms with Crippen molar-refractivity contribution in [1.82, 2.24) is 20.1 Å². The molecule has 2 aromatic rings. The molecule has 25 heavy (non-hydrogen) atoms. The molecule has 1 amide bonds. The molecule has 3 heterocycles. The summed E-state index contributed by atoms with van der Waals surface area (Å²) in [5.41, 5.74) is 1.22. The summed E-state index contributed by atoms with van der Waals surface area (Å²) >= 11 is 3.10.